The Bertz CT molecular complexity index is 1180. The highest BCUT2D eigenvalue weighted by molar-refractivity contribution is 9.12. The number of imide groups is 1. The van der Waals surface area contributed by atoms with Gasteiger partial charge in [-0.1, -0.05) is 31.9 Å². The highest BCUT2D eigenvalue weighted by Crippen LogP contribution is 2.43. The van der Waals surface area contributed by atoms with Gasteiger partial charge in [-0.3, -0.25) is 29.3 Å². The van der Waals surface area contributed by atoms with Gasteiger partial charge in [-0.2, -0.15) is 5.01 Å². The number of fused-ring (bicyclic) bond motifs is 1. The van der Waals surface area contributed by atoms with Crippen molar-refractivity contribution in [1.29, 1.82) is 0 Å². The molecule has 2 aromatic rings. The molecule has 0 aromatic heterocycles. The molecule has 3 amide bonds. The van der Waals surface area contributed by atoms with Crippen LogP contribution in [0.2, 0.25) is 0 Å². The van der Waals surface area contributed by atoms with Gasteiger partial charge in [-0.05, 0) is 49.2 Å². The van der Waals surface area contributed by atoms with E-state index in [4.69, 9.17) is 0 Å². The molecule has 0 radical (unpaired) electrons. The van der Waals surface area contributed by atoms with E-state index in [0.29, 0.717) is 12.8 Å². The second-order valence-corrected chi connectivity index (χ2v) is 10.7. The number of nitrogens with zero attached hydrogens (tertiary/aromatic N) is 3. The number of carbonyl (C=O) groups excluding carboxylic acids is 4. The van der Waals surface area contributed by atoms with Crippen LogP contribution in [-0.4, -0.2) is 54.6 Å². The minimum atomic E-state index is -0.846. The summed E-state index contributed by atoms with van der Waals surface area (Å²) in [5.74, 6) is -4.52. The van der Waals surface area contributed by atoms with Gasteiger partial charge in [0.1, 0.15) is 12.4 Å². The number of benzene rings is 2. The number of carbonyl (C=O) groups is 4. The van der Waals surface area contributed by atoms with E-state index in [1.807, 2.05) is 0 Å². The van der Waals surface area contributed by atoms with Crippen molar-refractivity contribution in [1.82, 2.24) is 10.0 Å². The van der Waals surface area contributed by atoms with E-state index >= 15 is 0 Å². The maximum atomic E-state index is 13.4. The van der Waals surface area contributed by atoms with E-state index in [1.165, 1.54) is 24.3 Å². The molecule has 12 heteroatoms. The van der Waals surface area contributed by atoms with Crippen molar-refractivity contribution >= 4 is 61.1 Å². The van der Waals surface area contributed by atoms with Crippen molar-refractivity contribution in [2.45, 2.75) is 22.5 Å². The minimum Gasteiger partial charge on any atom is -0.292 e. The largest absolute Gasteiger partial charge is 0.292 e. The standard InChI is InChI=1S/C23H18Br2FN3O6/c24-18-9-16-17(10-19(18)25)23(33)28(22(16)32)27(11-20(30)12-1-5-14(26)6-2-12)21(31)13-3-7-15(8-4-13)29(34)35/h1-8,16-19H,9-11H2/t16-,17-,18-,19+/m1/s1. The van der Waals surface area contributed by atoms with Gasteiger partial charge in [-0.25, -0.2) is 9.40 Å². The van der Waals surface area contributed by atoms with Crippen LogP contribution in [0.4, 0.5) is 10.1 Å². The van der Waals surface area contributed by atoms with Gasteiger partial charge in [0.2, 0.25) is 0 Å². The predicted octanol–water partition coefficient (Wildman–Crippen LogP) is 3.90. The maximum absolute atomic E-state index is 13.4. The average molecular weight is 611 g/mol. The number of halogens is 3. The molecular formula is C23H18Br2FN3O6. The summed E-state index contributed by atoms with van der Waals surface area (Å²) in [7, 11) is 0. The molecule has 9 nitrogen and oxygen atoms in total. The number of nitro benzene ring substituents is 1. The van der Waals surface area contributed by atoms with Crippen LogP contribution >= 0.6 is 31.9 Å². The molecule has 0 bridgehead atoms. The van der Waals surface area contributed by atoms with Gasteiger partial charge in [0.15, 0.2) is 5.78 Å². The Morgan fingerprint density at radius 2 is 1.43 bits per heavy atom. The Morgan fingerprint density at radius 1 is 0.943 bits per heavy atom. The Kier molecular flexibility index (Phi) is 7.13. The molecule has 1 saturated heterocycles. The summed E-state index contributed by atoms with van der Waals surface area (Å²) in [6, 6.07) is 9.27. The van der Waals surface area contributed by atoms with Gasteiger partial charge in [0.25, 0.3) is 23.4 Å². The van der Waals surface area contributed by atoms with Crippen LogP contribution in [0.1, 0.15) is 33.6 Å². The highest BCUT2D eigenvalue weighted by Gasteiger charge is 2.54. The first-order chi connectivity index (χ1) is 16.6. The molecule has 4 atom stereocenters. The molecule has 1 aliphatic heterocycles. The molecule has 35 heavy (non-hydrogen) atoms. The van der Waals surface area contributed by atoms with Crippen LogP contribution in [-0.2, 0) is 9.59 Å². The predicted molar refractivity (Wildman–Crippen MR) is 128 cm³/mol. The van der Waals surface area contributed by atoms with E-state index in [9.17, 15) is 33.7 Å². The van der Waals surface area contributed by atoms with Gasteiger partial charge in [-0.15, -0.1) is 0 Å². The number of ketones is 1. The van der Waals surface area contributed by atoms with Gasteiger partial charge >= 0.3 is 0 Å². The zero-order valence-electron chi connectivity index (χ0n) is 18.0. The first kappa shape index (κ1) is 25.1. The van der Waals surface area contributed by atoms with E-state index in [2.05, 4.69) is 31.9 Å². The Balaban J connectivity index is 1.69. The second-order valence-electron chi connectivity index (χ2n) is 8.30. The summed E-state index contributed by atoms with van der Waals surface area (Å²) < 4.78 is 13.3. The Labute approximate surface area is 215 Å². The molecule has 0 N–H and O–H groups in total. The SMILES string of the molecule is O=C(CN(C(=O)c1ccc([N+](=O)[O-])cc1)N1C(=O)[C@@H]2C[C@@H](Br)[C@@H](Br)C[C@H]2C1=O)c1ccc(F)cc1. The lowest BCUT2D eigenvalue weighted by atomic mass is 9.81. The van der Waals surface area contributed by atoms with Crippen LogP contribution in [0.5, 0.6) is 0 Å². The molecule has 2 aromatic carbocycles. The average Bonchev–Trinajstić information content (AvgIpc) is 3.06. The van der Waals surface area contributed by atoms with Crippen molar-refractivity contribution in [3.05, 3.63) is 75.6 Å². The third-order valence-electron chi connectivity index (χ3n) is 6.15. The number of hydrazine groups is 1. The molecule has 0 spiro atoms. The number of hydrogen-bond acceptors (Lipinski definition) is 6. The molecule has 0 unspecified atom stereocenters. The number of hydrogen-bond donors (Lipinski definition) is 0. The summed E-state index contributed by atoms with van der Waals surface area (Å²) in [6.07, 6.45) is 0.736. The van der Waals surface area contributed by atoms with Crippen molar-refractivity contribution in [3.8, 4) is 0 Å². The van der Waals surface area contributed by atoms with Gasteiger partial charge < -0.3 is 0 Å². The van der Waals surface area contributed by atoms with Gasteiger partial charge in [0.05, 0.1) is 16.8 Å². The number of non-ortho nitro benzene ring substituents is 1. The summed E-state index contributed by atoms with van der Waals surface area (Å²) in [4.78, 5) is 63.3. The zero-order valence-corrected chi connectivity index (χ0v) is 21.1. The summed E-state index contributed by atoms with van der Waals surface area (Å²) in [5.41, 5.74) is -0.207. The lowest BCUT2D eigenvalue weighted by Crippen LogP contribution is -2.52. The molecule has 2 aliphatic rings. The van der Waals surface area contributed by atoms with Crippen LogP contribution in [0.25, 0.3) is 0 Å². The van der Waals surface area contributed by atoms with Gasteiger partial charge in [0, 0.05) is 32.9 Å². The number of rotatable bonds is 6. The van der Waals surface area contributed by atoms with Crippen LogP contribution in [0.15, 0.2) is 48.5 Å². The topological polar surface area (TPSA) is 118 Å². The van der Waals surface area contributed by atoms with Crippen LogP contribution in [0.3, 0.4) is 0 Å². The molecular weight excluding hydrogens is 593 g/mol. The number of alkyl halides is 2. The van der Waals surface area contributed by atoms with Crippen LogP contribution < -0.4 is 0 Å². The van der Waals surface area contributed by atoms with Crippen molar-refractivity contribution in [3.63, 3.8) is 0 Å². The van der Waals surface area contributed by atoms with Crippen molar-refractivity contribution in [2.75, 3.05) is 6.54 Å². The van der Waals surface area contributed by atoms with Crippen molar-refractivity contribution < 1.29 is 28.5 Å². The fourth-order valence-corrected chi connectivity index (χ4v) is 5.52. The molecule has 2 fully saturated rings. The first-order valence-electron chi connectivity index (χ1n) is 10.6. The molecule has 1 aliphatic carbocycles. The third kappa shape index (κ3) is 4.90. The quantitative estimate of drug-likeness (QED) is 0.161. The lowest BCUT2D eigenvalue weighted by Gasteiger charge is -2.30. The second kappa shape index (κ2) is 9.94. The Morgan fingerprint density at radius 3 is 1.91 bits per heavy atom. The minimum absolute atomic E-state index is 0.0466. The summed E-state index contributed by atoms with van der Waals surface area (Å²) >= 11 is 7.01. The normalized spacial score (nSPS) is 23.7. The molecule has 1 heterocycles. The third-order valence-corrected chi connectivity index (χ3v) is 8.88. The van der Waals surface area contributed by atoms with E-state index < -0.39 is 52.6 Å². The van der Waals surface area contributed by atoms with E-state index in [-0.39, 0.29) is 26.5 Å². The number of amides is 3. The van der Waals surface area contributed by atoms with E-state index in [1.54, 1.807) is 0 Å². The summed E-state index contributed by atoms with van der Waals surface area (Å²) in [6.45, 7) is -0.659. The van der Waals surface area contributed by atoms with Crippen LogP contribution in [0, 0.1) is 27.8 Å². The Hall–Kier alpha value is -2.99. The van der Waals surface area contributed by atoms with Crippen molar-refractivity contribution in [2.24, 2.45) is 11.8 Å². The fourth-order valence-electron chi connectivity index (χ4n) is 4.29. The number of nitro groups is 1. The lowest BCUT2D eigenvalue weighted by molar-refractivity contribution is -0.384. The zero-order chi connectivity index (χ0) is 25.4. The fraction of sp³-hybridized carbons (Fsp3) is 0.304. The maximum Gasteiger partial charge on any atom is 0.273 e. The highest BCUT2D eigenvalue weighted by atomic mass is 79.9. The molecule has 182 valence electrons. The number of Topliss-reactive ketones (excluding diaryl/α,β-unsaturated/α-hetero) is 1. The molecule has 4 rings (SSSR count). The van der Waals surface area contributed by atoms with E-state index in [0.717, 1.165) is 34.3 Å². The smallest absolute Gasteiger partial charge is 0.273 e. The first-order valence-corrected chi connectivity index (χ1v) is 12.4. The monoisotopic (exact) mass is 609 g/mol. The molecule has 1 saturated carbocycles. The summed E-state index contributed by atoms with van der Waals surface area (Å²) in [5, 5.41) is 12.5.